The first-order valence-corrected chi connectivity index (χ1v) is 9.25. The van der Waals surface area contributed by atoms with E-state index in [0.29, 0.717) is 25.5 Å². The van der Waals surface area contributed by atoms with E-state index in [2.05, 4.69) is 24.1 Å². The van der Waals surface area contributed by atoms with E-state index in [-0.39, 0.29) is 24.4 Å². The lowest BCUT2D eigenvalue weighted by atomic mass is 10.0. The third-order valence-corrected chi connectivity index (χ3v) is 4.49. The number of halogens is 1. The predicted octanol–water partition coefficient (Wildman–Crippen LogP) is 3.25. The average molecular weight is 390 g/mol. The van der Waals surface area contributed by atoms with Crippen LogP contribution in [0.25, 0.3) is 0 Å². The summed E-state index contributed by atoms with van der Waals surface area (Å²) in [5.41, 5.74) is 2.08. The summed E-state index contributed by atoms with van der Waals surface area (Å²) in [5.74, 6) is 1.50. The van der Waals surface area contributed by atoms with Gasteiger partial charge in [0.15, 0.2) is 0 Å². The highest BCUT2D eigenvalue weighted by Crippen LogP contribution is 2.23. The molecule has 1 aromatic carbocycles. The van der Waals surface area contributed by atoms with Crippen molar-refractivity contribution < 1.29 is 9.53 Å². The molecule has 1 aliphatic rings. The predicted molar refractivity (Wildman–Crippen MR) is 109 cm³/mol. The number of nitrogens with one attached hydrogen (secondary N) is 1. The zero-order valence-electron chi connectivity index (χ0n) is 15.9. The van der Waals surface area contributed by atoms with E-state index in [1.165, 1.54) is 0 Å². The fourth-order valence-corrected chi connectivity index (χ4v) is 3.12. The van der Waals surface area contributed by atoms with Gasteiger partial charge in [0, 0.05) is 32.0 Å². The maximum absolute atomic E-state index is 12.9. The smallest absolute Gasteiger partial charge is 0.227 e. The van der Waals surface area contributed by atoms with E-state index in [0.717, 1.165) is 30.0 Å². The van der Waals surface area contributed by atoms with Crippen LogP contribution in [-0.2, 0) is 11.2 Å². The average Bonchev–Trinajstić information content (AvgIpc) is 2.68. The van der Waals surface area contributed by atoms with Crippen molar-refractivity contribution in [3.05, 3.63) is 59.9 Å². The SMILES string of the molecule is CC(C)COc1ccc(CC(=O)N2CCNCC2c2cccnc2)cc1.Cl. The summed E-state index contributed by atoms with van der Waals surface area (Å²) in [6.07, 6.45) is 4.01. The second-order valence-electron chi connectivity index (χ2n) is 7.12. The maximum Gasteiger partial charge on any atom is 0.227 e. The molecule has 0 spiro atoms. The molecule has 3 rings (SSSR count). The van der Waals surface area contributed by atoms with Gasteiger partial charge in [0.05, 0.1) is 19.1 Å². The van der Waals surface area contributed by atoms with Crippen LogP contribution in [0.5, 0.6) is 5.75 Å². The van der Waals surface area contributed by atoms with Crippen molar-refractivity contribution in [3.8, 4) is 5.75 Å². The maximum atomic E-state index is 12.9. The highest BCUT2D eigenvalue weighted by molar-refractivity contribution is 5.85. The van der Waals surface area contributed by atoms with Gasteiger partial charge < -0.3 is 15.0 Å². The molecule has 0 aliphatic carbocycles. The monoisotopic (exact) mass is 389 g/mol. The van der Waals surface area contributed by atoms with E-state index in [9.17, 15) is 4.79 Å². The van der Waals surface area contributed by atoms with Gasteiger partial charge in [-0.05, 0) is 35.2 Å². The van der Waals surface area contributed by atoms with Crippen molar-refractivity contribution in [2.45, 2.75) is 26.3 Å². The Labute approximate surface area is 167 Å². The van der Waals surface area contributed by atoms with Crippen molar-refractivity contribution >= 4 is 18.3 Å². The summed E-state index contributed by atoms with van der Waals surface area (Å²) in [6, 6.07) is 11.8. The number of pyridine rings is 1. The molecule has 146 valence electrons. The van der Waals surface area contributed by atoms with Gasteiger partial charge in [-0.25, -0.2) is 0 Å². The fraction of sp³-hybridized carbons (Fsp3) is 0.429. The van der Waals surface area contributed by atoms with E-state index < -0.39 is 0 Å². The van der Waals surface area contributed by atoms with Gasteiger partial charge in [0.2, 0.25) is 5.91 Å². The Bertz CT molecular complexity index is 707. The van der Waals surface area contributed by atoms with E-state index in [4.69, 9.17) is 4.74 Å². The molecule has 1 fully saturated rings. The number of ether oxygens (including phenoxy) is 1. The summed E-state index contributed by atoms with van der Waals surface area (Å²) in [4.78, 5) is 19.1. The molecule has 27 heavy (non-hydrogen) atoms. The molecule has 2 heterocycles. The van der Waals surface area contributed by atoms with Crippen molar-refractivity contribution in [1.29, 1.82) is 0 Å². The van der Waals surface area contributed by atoms with Crippen LogP contribution in [0.2, 0.25) is 0 Å². The number of aromatic nitrogens is 1. The number of rotatable bonds is 6. The number of carbonyl (C=O) groups is 1. The topological polar surface area (TPSA) is 54.5 Å². The number of nitrogens with zero attached hydrogens (tertiary/aromatic N) is 2. The van der Waals surface area contributed by atoms with Crippen LogP contribution in [0.3, 0.4) is 0 Å². The largest absolute Gasteiger partial charge is 0.493 e. The molecule has 0 bridgehead atoms. The molecule has 2 aromatic rings. The van der Waals surface area contributed by atoms with Gasteiger partial charge in [-0.1, -0.05) is 32.0 Å². The molecule has 1 aromatic heterocycles. The first-order chi connectivity index (χ1) is 12.6. The zero-order chi connectivity index (χ0) is 18.4. The van der Waals surface area contributed by atoms with Crippen LogP contribution in [-0.4, -0.2) is 42.0 Å². The lowest BCUT2D eigenvalue weighted by molar-refractivity contribution is -0.133. The second kappa shape index (κ2) is 10.3. The highest BCUT2D eigenvalue weighted by atomic mass is 35.5. The number of hydrogen-bond acceptors (Lipinski definition) is 4. The molecular formula is C21H28ClN3O2. The second-order valence-corrected chi connectivity index (χ2v) is 7.12. The molecule has 0 radical (unpaired) electrons. The third-order valence-electron chi connectivity index (χ3n) is 4.49. The molecule has 1 unspecified atom stereocenters. The van der Waals surface area contributed by atoms with Crippen LogP contribution in [0.1, 0.15) is 31.0 Å². The molecule has 0 saturated carbocycles. The molecule has 1 atom stereocenters. The molecular weight excluding hydrogens is 362 g/mol. The Kier molecular flexibility index (Phi) is 8.07. The Hall–Kier alpha value is -2.11. The van der Waals surface area contributed by atoms with Crippen LogP contribution >= 0.6 is 12.4 Å². The number of amides is 1. The number of carbonyl (C=O) groups excluding carboxylic acids is 1. The Morgan fingerprint density at radius 3 is 2.74 bits per heavy atom. The van der Waals surface area contributed by atoms with Gasteiger partial charge in [0.25, 0.3) is 0 Å². The molecule has 5 nitrogen and oxygen atoms in total. The van der Waals surface area contributed by atoms with Crippen molar-refractivity contribution in [2.75, 3.05) is 26.2 Å². The van der Waals surface area contributed by atoms with Gasteiger partial charge in [-0.2, -0.15) is 0 Å². The molecule has 1 saturated heterocycles. The third kappa shape index (κ3) is 5.94. The number of benzene rings is 1. The van der Waals surface area contributed by atoms with Gasteiger partial charge in [0.1, 0.15) is 5.75 Å². The zero-order valence-corrected chi connectivity index (χ0v) is 16.7. The lowest BCUT2D eigenvalue weighted by Gasteiger charge is -2.36. The van der Waals surface area contributed by atoms with Gasteiger partial charge >= 0.3 is 0 Å². The molecule has 1 aliphatic heterocycles. The first-order valence-electron chi connectivity index (χ1n) is 9.25. The van der Waals surface area contributed by atoms with Crippen LogP contribution in [0.4, 0.5) is 0 Å². The normalized spacial score (nSPS) is 16.7. The Balaban J connectivity index is 0.00000261. The Morgan fingerprint density at radius 2 is 2.07 bits per heavy atom. The highest BCUT2D eigenvalue weighted by Gasteiger charge is 2.27. The molecule has 1 N–H and O–H groups in total. The standard InChI is InChI=1S/C21H27N3O2.ClH/c1-16(2)15-26-19-7-5-17(6-8-19)12-21(25)24-11-10-23-14-20(24)18-4-3-9-22-13-18;/h3-9,13,16,20,23H,10-12,14-15H2,1-2H3;1H. The van der Waals surface area contributed by atoms with Crippen molar-refractivity contribution in [3.63, 3.8) is 0 Å². The minimum absolute atomic E-state index is 0. The minimum Gasteiger partial charge on any atom is -0.493 e. The summed E-state index contributed by atoms with van der Waals surface area (Å²) < 4.78 is 5.71. The fourth-order valence-electron chi connectivity index (χ4n) is 3.12. The summed E-state index contributed by atoms with van der Waals surface area (Å²) >= 11 is 0. The summed E-state index contributed by atoms with van der Waals surface area (Å²) in [7, 11) is 0. The van der Waals surface area contributed by atoms with Crippen LogP contribution in [0.15, 0.2) is 48.8 Å². The van der Waals surface area contributed by atoms with Crippen molar-refractivity contribution in [1.82, 2.24) is 15.2 Å². The first kappa shape index (κ1) is 21.2. The minimum atomic E-state index is 0. The van der Waals surface area contributed by atoms with E-state index >= 15 is 0 Å². The van der Waals surface area contributed by atoms with Crippen LogP contribution < -0.4 is 10.1 Å². The quantitative estimate of drug-likeness (QED) is 0.823. The summed E-state index contributed by atoms with van der Waals surface area (Å²) in [5, 5.41) is 3.37. The van der Waals surface area contributed by atoms with Crippen molar-refractivity contribution in [2.24, 2.45) is 5.92 Å². The number of piperazine rings is 1. The lowest BCUT2D eigenvalue weighted by Crippen LogP contribution is -2.49. The molecule has 1 amide bonds. The van der Waals surface area contributed by atoms with E-state index in [1.54, 1.807) is 6.20 Å². The van der Waals surface area contributed by atoms with E-state index in [1.807, 2.05) is 47.5 Å². The molecule has 6 heteroatoms. The van der Waals surface area contributed by atoms with Gasteiger partial charge in [-0.3, -0.25) is 9.78 Å². The summed E-state index contributed by atoms with van der Waals surface area (Å²) in [6.45, 7) is 7.25. The van der Waals surface area contributed by atoms with Crippen LogP contribution in [0, 0.1) is 5.92 Å². The number of hydrogen-bond donors (Lipinski definition) is 1. The van der Waals surface area contributed by atoms with Gasteiger partial charge in [-0.15, -0.1) is 12.4 Å². The Morgan fingerprint density at radius 1 is 1.30 bits per heavy atom.